The predicted molar refractivity (Wildman–Crippen MR) is 149 cm³/mol. The van der Waals surface area contributed by atoms with Crippen molar-refractivity contribution in [1.82, 2.24) is 15.0 Å². The molecule has 0 spiro atoms. The van der Waals surface area contributed by atoms with Gasteiger partial charge in [0.2, 0.25) is 11.7 Å². The molecule has 0 atom stereocenters. The average Bonchev–Trinajstić information content (AvgIpc) is 3.37. The van der Waals surface area contributed by atoms with Gasteiger partial charge in [-0.05, 0) is 67.0 Å². The summed E-state index contributed by atoms with van der Waals surface area (Å²) in [5.41, 5.74) is 5.26. The number of aromatic nitrogens is 2. The zero-order valence-corrected chi connectivity index (χ0v) is 22.6. The van der Waals surface area contributed by atoms with Crippen LogP contribution in [0.3, 0.4) is 0 Å². The maximum absolute atomic E-state index is 13.0. The minimum absolute atomic E-state index is 0.199. The predicted octanol–water partition coefficient (Wildman–Crippen LogP) is 6.00. The first kappa shape index (κ1) is 26.9. The molecule has 3 aromatic carbocycles. The summed E-state index contributed by atoms with van der Waals surface area (Å²) in [6, 6.07) is 19.0. The highest BCUT2D eigenvalue weighted by atomic mass is 16.5. The summed E-state index contributed by atoms with van der Waals surface area (Å²) >= 11 is 0. The minimum Gasteiger partial charge on any atom is -0.493 e. The highest BCUT2D eigenvalue weighted by molar-refractivity contribution is 6.04. The summed E-state index contributed by atoms with van der Waals surface area (Å²) in [6.07, 6.45) is 0. The van der Waals surface area contributed by atoms with E-state index in [-0.39, 0.29) is 5.91 Å². The molecule has 4 aromatic rings. The van der Waals surface area contributed by atoms with Crippen LogP contribution < -0.4 is 14.8 Å². The first-order chi connectivity index (χ1) is 18.4. The molecule has 0 saturated heterocycles. The Bertz CT molecular complexity index is 1380. The third kappa shape index (κ3) is 6.39. The maximum Gasteiger partial charge on any atom is 0.255 e. The van der Waals surface area contributed by atoms with Crippen LogP contribution in [-0.2, 0) is 0 Å². The number of carbonyl (C=O) groups excluding carboxylic acids is 1. The van der Waals surface area contributed by atoms with Gasteiger partial charge in [-0.1, -0.05) is 43.3 Å². The average molecular weight is 515 g/mol. The molecule has 1 amide bonds. The second kappa shape index (κ2) is 12.4. The lowest BCUT2D eigenvalue weighted by atomic mass is 9.97. The van der Waals surface area contributed by atoms with Crippen LogP contribution in [0, 0.1) is 13.8 Å². The molecule has 8 nitrogen and oxygen atoms in total. The van der Waals surface area contributed by atoms with Crippen LogP contribution in [-0.4, -0.2) is 54.3 Å². The number of ether oxygens (including phenoxy) is 2. The van der Waals surface area contributed by atoms with Gasteiger partial charge in [0.25, 0.3) is 5.91 Å². The minimum atomic E-state index is -0.199. The summed E-state index contributed by atoms with van der Waals surface area (Å²) in [7, 11) is 1.60. The van der Waals surface area contributed by atoms with Gasteiger partial charge in [-0.3, -0.25) is 4.79 Å². The van der Waals surface area contributed by atoms with Gasteiger partial charge in [0.05, 0.1) is 7.11 Å². The van der Waals surface area contributed by atoms with Crippen LogP contribution in [0.1, 0.15) is 35.7 Å². The Morgan fingerprint density at radius 1 is 0.947 bits per heavy atom. The van der Waals surface area contributed by atoms with Crippen molar-refractivity contribution in [2.24, 2.45) is 0 Å². The Kier molecular flexibility index (Phi) is 8.76. The Balaban J connectivity index is 1.43. The van der Waals surface area contributed by atoms with Gasteiger partial charge in [0.1, 0.15) is 6.61 Å². The van der Waals surface area contributed by atoms with E-state index >= 15 is 0 Å². The smallest absolute Gasteiger partial charge is 0.255 e. The lowest BCUT2D eigenvalue weighted by molar-refractivity contribution is 0.102. The summed E-state index contributed by atoms with van der Waals surface area (Å²) in [5.74, 6) is 2.13. The summed E-state index contributed by atoms with van der Waals surface area (Å²) in [4.78, 5) is 19.5. The number of rotatable bonds is 11. The number of carbonyl (C=O) groups is 1. The highest BCUT2D eigenvalue weighted by Gasteiger charge is 2.13. The second-order valence-corrected chi connectivity index (χ2v) is 8.94. The van der Waals surface area contributed by atoms with Gasteiger partial charge in [0, 0.05) is 36.3 Å². The monoisotopic (exact) mass is 514 g/mol. The number of anilines is 1. The van der Waals surface area contributed by atoms with Crippen molar-refractivity contribution in [3.63, 3.8) is 0 Å². The number of hydrogen-bond donors (Lipinski definition) is 1. The lowest BCUT2D eigenvalue weighted by Gasteiger charge is -2.19. The molecule has 1 heterocycles. The van der Waals surface area contributed by atoms with E-state index in [4.69, 9.17) is 14.0 Å². The van der Waals surface area contributed by atoms with E-state index in [1.165, 1.54) is 0 Å². The number of methoxy groups -OCH3 is 1. The molecular formula is C30H34N4O4. The number of benzene rings is 3. The van der Waals surface area contributed by atoms with Crippen molar-refractivity contribution in [2.75, 3.05) is 38.7 Å². The SMILES string of the molecule is CCN(CC)CCOc1cc(NC(=O)c2ccc(-c3ccc(-c4noc(C)n4)cc3C)cc2)ccc1OC. The second-order valence-electron chi connectivity index (χ2n) is 8.94. The fourth-order valence-corrected chi connectivity index (χ4v) is 4.24. The van der Waals surface area contributed by atoms with Gasteiger partial charge < -0.3 is 24.2 Å². The third-order valence-corrected chi connectivity index (χ3v) is 6.45. The van der Waals surface area contributed by atoms with Gasteiger partial charge in [0.15, 0.2) is 11.5 Å². The molecule has 38 heavy (non-hydrogen) atoms. The first-order valence-electron chi connectivity index (χ1n) is 12.8. The molecule has 0 unspecified atom stereocenters. The largest absolute Gasteiger partial charge is 0.493 e. The van der Waals surface area contributed by atoms with Crippen molar-refractivity contribution in [1.29, 1.82) is 0 Å². The van der Waals surface area contributed by atoms with E-state index in [2.05, 4.69) is 34.2 Å². The number of hydrogen-bond acceptors (Lipinski definition) is 7. The fourth-order valence-electron chi connectivity index (χ4n) is 4.24. The molecule has 0 radical (unpaired) electrons. The van der Waals surface area contributed by atoms with Crippen LogP contribution in [0.15, 0.2) is 65.2 Å². The standard InChI is InChI=1S/C30H34N4O4/c1-6-34(7-2)16-17-37-28-19-25(13-15-27(28)36-5)32-30(35)23-10-8-22(9-11-23)26-14-12-24(18-20(26)3)29-31-21(4)38-33-29/h8-15,18-19H,6-7,16-17H2,1-5H3,(H,32,35). The quantitative estimate of drug-likeness (QED) is 0.262. The van der Waals surface area contributed by atoms with Crippen LogP contribution in [0.4, 0.5) is 5.69 Å². The highest BCUT2D eigenvalue weighted by Crippen LogP contribution is 2.31. The fraction of sp³-hybridized carbons (Fsp3) is 0.300. The van der Waals surface area contributed by atoms with Gasteiger partial charge >= 0.3 is 0 Å². The zero-order chi connectivity index (χ0) is 27.1. The molecule has 4 rings (SSSR count). The normalized spacial score (nSPS) is 11.0. The van der Waals surface area contributed by atoms with E-state index < -0.39 is 0 Å². The zero-order valence-electron chi connectivity index (χ0n) is 22.6. The van der Waals surface area contributed by atoms with Crippen molar-refractivity contribution in [3.8, 4) is 34.0 Å². The first-order valence-corrected chi connectivity index (χ1v) is 12.8. The van der Waals surface area contributed by atoms with Crippen LogP contribution in [0.5, 0.6) is 11.5 Å². The lowest BCUT2D eigenvalue weighted by Crippen LogP contribution is -2.28. The van der Waals surface area contributed by atoms with Crippen molar-refractivity contribution < 1.29 is 18.8 Å². The van der Waals surface area contributed by atoms with E-state index in [0.29, 0.717) is 41.1 Å². The molecule has 198 valence electrons. The summed E-state index contributed by atoms with van der Waals surface area (Å²) in [5, 5.41) is 6.95. The Morgan fingerprint density at radius 2 is 1.68 bits per heavy atom. The Labute approximate surface area is 223 Å². The Morgan fingerprint density at radius 3 is 2.32 bits per heavy atom. The molecular weight excluding hydrogens is 480 g/mol. The topological polar surface area (TPSA) is 89.7 Å². The van der Waals surface area contributed by atoms with E-state index in [9.17, 15) is 4.79 Å². The third-order valence-electron chi connectivity index (χ3n) is 6.45. The number of aryl methyl sites for hydroxylation is 2. The number of nitrogens with zero attached hydrogens (tertiary/aromatic N) is 3. The van der Waals surface area contributed by atoms with Crippen LogP contribution in [0.25, 0.3) is 22.5 Å². The molecule has 0 aliphatic carbocycles. The summed E-state index contributed by atoms with van der Waals surface area (Å²) in [6.45, 7) is 11.4. The van der Waals surface area contributed by atoms with E-state index in [0.717, 1.165) is 41.9 Å². The molecule has 0 saturated carbocycles. The molecule has 0 fully saturated rings. The number of amides is 1. The van der Waals surface area contributed by atoms with Gasteiger partial charge in [-0.25, -0.2) is 0 Å². The van der Waals surface area contributed by atoms with Crippen molar-refractivity contribution in [2.45, 2.75) is 27.7 Å². The molecule has 0 aliphatic heterocycles. The van der Waals surface area contributed by atoms with E-state index in [1.807, 2.05) is 49.4 Å². The van der Waals surface area contributed by atoms with Crippen molar-refractivity contribution in [3.05, 3.63) is 77.7 Å². The molecule has 1 N–H and O–H groups in total. The molecule has 8 heteroatoms. The van der Waals surface area contributed by atoms with E-state index in [1.54, 1.807) is 32.2 Å². The van der Waals surface area contributed by atoms with Gasteiger partial charge in [-0.15, -0.1) is 0 Å². The van der Waals surface area contributed by atoms with Crippen LogP contribution >= 0.6 is 0 Å². The maximum atomic E-state index is 13.0. The number of nitrogens with one attached hydrogen (secondary N) is 1. The molecule has 1 aromatic heterocycles. The molecule has 0 bridgehead atoms. The number of likely N-dealkylation sites (N-methyl/N-ethyl adjacent to an activating group) is 1. The Hall–Kier alpha value is -4.17. The molecule has 0 aliphatic rings. The van der Waals surface area contributed by atoms with Crippen LogP contribution in [0.2, 0.25) is 0 Å². The van der Waals surface area contributed by atoms with Gasteiger partial charge in [-0.2, -0.15) is 4.98 Å². The van der Waals surface area contributed by atoms with Crippen molar-refractivity contribution >= 4 is 11.6 Å². The summed E-state index contributed by atoms with van der Waals surface area (Å²) < 4.78 is 16.5.